The van der Waals surface area contributed by atoms with Crippen molar-refractivity contribution in [2.24, 2.45) is 5.92 Å². The maximum atomic E-state index is 3.49. The Morgan fingerprint density at radius 1 is 1.15 bits per heavy atom. The van der Waals surface area contributed by atoms with Gasteiger partial charge in [0.2, 0.25) is 0 Å². The molecule has 1 aromatic rings. The average Bonchev–Trinajstić information content (AvgIpc) is 2.53. The molecule has 1 atom stereocenters. The molecule has 0 aliphatic carbocycles. The van der Waals surface area contributed by atoms with Crippen LogP contribution in [0.15, 0.2) is 24.3 Å². The summed E-state index contributed by atoms with van der Waals surface area (Å²) in [5.41, 5.74) is 2.84. The molecule has 2 nitrogen and oxygen atoms in total. The highest BCUT2D eigenvalue weighted by Gasteiger charge is 2.20. The number of likely N-dealkylation sites (tertiary alicyclic amines) is 1. The van der Waals surface area contributed by atoms with Crippen molar-refractivity contribution in [3.8, 4) is 0 Å². The predicted octanol–water partition coefficient (Wildman–Crippen LogP) is 3.63. The molecule has 1 heterocycles. The van der Waals surface area contributed by atoms with Crippen molar-refractivity contribution in [3.63, 3.8) is 0 Å². The Morgan fingerprint density at radius 2 is 1.80 bits per heavy atom. The molecule has 1 N–H and O–H groups in total. The summed E-state index contributed by atoms with van der Waals surface area (Å²) in [6.07, 6.45) is 5.22. The minimum Gasteiger partial charge on any atom is -0.312 e. The van der Waals surface area contributed by atoms with Crippen molar-refractivity contribution in [1.82, 2.24) is 10.2 Å². The van der Waals surface area contributed by atoms with E-state index in [4.69, 9.17) is 0 Å². The zero-order valence-corrected chi connectivity index (χ0v) is 13.4. The molecule has 1 aromatic carbocycles. The summed E-state index contributed by atoms with van der Waals surface area (Å²) < 4.78 is 0. The SMILES string of the molecule is CCc1ccc(C(CN2CCC(CC)CC2)NC)cc1. The summed E-state index contributed by atoms with van der Waals surface area (Å²) >= 11 is 0. The first-order chi connectivity index (χ1) is 9.76. The molecule has 2 rings (SSSR count). The van der Waals surface area contributed by atoms with Crippen molar-refractivity contribution < 1.29 is 0 Å². The third kappa shape index (κ3) is 4.07. The zero-order chi connectivity index (χ0) is 14.4. The van der Waals surface area contributed by atoms with Crippen molar-refractivity contribution in [1.29, 1.82) is 0 Å². The maximum absolute atomic E-state index is 3.49. The van der Waals surface area contributed by atoms with Crippen LogP contribution in [0.3, 0.4) is 0 Å². The minimum absolute atomic E-state index is 0.457. The molecule has 1 saturated heterocycles. The molecule has 0 amide bonds. The lowest BCUT2D eigenvalue weighted by atomic mass is 9.94. The van der Waals surface area contributed by atoms with E-state index in [0.717, 1.165) is 18.9 Å². The Hall–Kier alpha value is -0.860. The molecule has 0 spiro atoms. The van der Waals surface area contributed by atoms with Gasteiger partial charge in [-0.25, -0.2) is 0 Å². The third-order valence-electron chi connectivity index (χ3n) is 4.86. The van der Waals surface area contributed by atoms with Crippen LogP contribution in [0.2, 0.25) is 0 Å². The standard InChI is InChI=1S/C18H30N2/c1-4-15-6-8-17(9-7-15)18(19-3)14-20-12-10-16(5-2)11-13-20/h6-9,16,18-19H,4-5,10-14H2,1-3H3. The molecular formula is C18H30N2. The van der Waals surface area contributed by atoms with Gasteiger partial charge in [-0.2, -0.15) is 0 Å². The van der Waals surface area contributed by atoms with Gasteiger partial charge in [0.15, 0.2) is 0 Å². The smallest absolute Gasteiger partial charge is 0.0446 e. The topological polar surface area (TPSA) is 15.3 Å². The number of piperidine rings is 1. The second-order valence-electron chi connectivity index (χ2n) is 6.09. The number of rotatable bonds is 6. The fourth-order valence-electron chi connectivity index (χ4n) is 3.18. The molecular weight excluding hydrogens is 244 g/mol. The van der Waals surface area contributed by atoms with E-state index in [2.05, 4.69) is 55.4 Å². The molecule has 0 bridgehead atoms. The van der Waals surface area contributed by atoms with Gasteiger partial charge in [-0.1, -0.05) is 44.5 Å². The monoisotopic (exact) mass is 274 g/mol. The van der Waals surface area contributed by atoms with E-state index in [1.807, 2.05) is 0 Å². The van der Waals surface area contributed by atoms with Crippen LogP contribution >= 0.6 is 0 Å². The summed E-state index contributed by atoms with van der Waals surface area (Å²) in [6, 6.07) is 9.57. The first kappa shape index (κ1) is 15.5. The van der Waals surface area contributed by atoms with Crippen LogP contribution in [-0.2, 0) is 6.42 Å². The fraction of sp³-hybridized carbons (Fsp3) is 0.667. The molecule has 1 fully saturated rings. The molecule has 1 aliphatic rings. The lowest BCUT2D eigenvalue weighted by Gasteiger charge is -2.34. The number of likely N-dealkylation sites (N-methyl/N-ethyl adjacent to an activating group) is 1. The second-order valence-corrected chi connectivity index (χ2v) is 6.09. The summed E-state index contributed by atoms with van der Waals surface area (Å²) in [5, 5.41) is 3.49. The van der Waals surface area contributed by atoms with Crippen LogP contribution in [0.4, 0.5) is 0 Å². The van der Waals surface area contributed by atoms with Gasteiger partial charge in [0.05, 0.1) is 0 Å². The van der Waals surface area contributed by atoms with E-state index in [1.165, 1.54) is 43.5 Å². The highest BCUT2D eigenvalue weighted by Crippen LogP contribution is 2.22. The van der Waals surface area contributed by atoms with Gasteiger partial charge >= 0.3 is 0 Å². The Bertz CT molecular complexity index is 377. The summed E-state index contributed by atoms with van der Waals surface area (Å²) in [4.78, 5) is 2.63. The number of nitrogens with one attached hydrogen (secondary N) is 1. The van der Waals surface area contributed by atoms with Crippen molar-refractivity contribution >= 4 is 0 Å². The molecule has 1 aliphatic heterocycles. The minimum atomic E-state index is 0.457. The Kier molecular flexibility index (Phi) is 6.06. The molecule has 1 unspecified atom stereocenters. The third-order valence-corrected chi connectivity index (χ3v) is 4.86. The fourth-order valence-corrected chi connectivity index (χ4v) is 3.18. The number of hydrogen-bond acceptors (Lipinski definition) is 2. The van der Waals surface area contributed by atoms with E-state index >= 15 is 0 Å². The molecule has 112 valence electrons. The number of aryl methyl sites for hydroxylation is 1. The number of hydrogen-bond donors (Lipinski definition) is 1. The lowest BCUT2D eigenvalue weighted by molar-refractivity contribution is 0.168. The van der Waals surface area contributed by atoms with Crippen LogP contribution in [0.5, 0.6) is 0 Å². The Morgan fingerprint density at radius 3 is 2.30 bits per heavy atom. The summed E-state index contributed by atoms with van der Waals surface area (Å²) in [6.45, 7) is 8.21. The van der Waals surface area contributed by atoms with Gasteiger partial charge in [0.1, 0.15) is 0 Å². The highest BCUT2D eigenvalue weighted by atomic mass is 15.1. The average molecular weight is 274 g/mol. The Labute approximate surface area is 124 Å². The van der Waals surface area contributed by atoms with Crippen LogP contribution in [0.1, 0.15) is 50.3 Å². The quantitative estimate of drug-likeness (QED) is 0.852. The normalized spacial score (nSPS) is 19.1. The molecule has 0 saturated carbocycles. The molecule has 20 heavy (non-hydrogen) atoms. The lowest BCUT2D eigenvalue weighted by Crippen LogP contribution is -2.39. The first-order valence-electron chi connectivity index (χ1n) is 8.25. The number of benzene rings is 1. The van der Waals surface area contributed by atoms with Gasteiger partial charge in [-0.15, -0.1) is 0 Å². The highest BCUT2D eigenvalue weighted by molar-refractivity contribution is 5.25. The summed E-state index contributed by atoms with van der Waals surface area (Å²) in [7, 11) is 2.08. The van der Waals surface area contributed by atoms with Crippen molar-refractivity contribution in [2.75, 3.05) is 26.7 Å². The number of nitrogens with zero attached hydrogens (tertiary/aromatic N) is 1. The van der Waals surface area contributed by atoms with Crippen LogP contribution in [0.25, 0.3) is 0 Å². The van der Waals surface area contributed by atoms with Crippen LogP contribution < -0.4 is 5.32 Å². The molecule has 0 aromatic heterocycles. The largest absolute Gasteiger partial charge is 0.312 e. The van der Waals surface area contributed by atoms with Gasteiger partial charge in [0, 0.05) is 12.6 Å². The Balaban J connectivity index is 1.91. The molecule has 2 heteroatoms. The van der Waals surface area contributed by atoms with E-state index in [0.29, 0.717) is 6.04 Å². The summed E-state index contributed by atoms with van der Waals surface area (Å²) in [5.74, 6) is 0.961. The van der Waals surface area contributed by atoms with Gasteiger partial charge in [0.25, 0.3) is 0 Å². The molecule has 0 radical (unpaired) electrons. The van der Waals surface area contributed by atoms with Crippen LogP contribution in [-0.4, -0.2) is 31.6 Å². The zero-order valence-electron chi connectivity index (χ0n) is 13.4. The van der Waals surface area contributed by atoms with E-state index in [-0.39, 0.29) is 0 Å². The van der Waals surface area contributed by atoms with E-state index in [9.17, 15) is 0 Å². The van der Waals surface area contributed by atoms with Crippen molar-refractivity contribution in [2.45, 2.75) is 45.6 Å². The van der Waals surface area contributed by atoms with Gasteiger partial charge in [-0.05, 0) is 56.4 Å². The first-order valence-corrected chi connectivity index (χ1v) is 8.25. The van der Waals surface area contributed by atoms with Gasteiger partial charge < -0.3 is 10.2 Å². The van der Waals surface area contributed by atoms with Gasteiger partial charge in [-0.3, -0.25) is 0 Å². The predicted molar refractivity (Wildman–Crippen MR) is 87.1 cm³/mol. The van der Waals surface area contributed by atoms with Crippen molar-refractivity contribution in [3.05, 3.63) is 35.4 Å². The van der Waals surface area contributed by atoms with E-state index in [1.54, 1.807) is 0 Å². The van der Waals surface area contributed by atoms with Crippen LogP contribution in [0, 0.1) is 5.92 Å². The van der Waals surface area contributed by atoms with E-state index < -0.39 is 0 Å². The maximum Gasteiger partial charge on any atom is 0.0446 e. The second kappa shape index (κ2) is 7.80.